The van der Waals surface area contributed by atoms with E-state index in [9.17, 15) is 4.79 Å². The maximum Gasteiger partial charge on any atom is 0.343 e. The molecule has 3 nitrogen and oxygen atoms in total. The van der Waals surface area contributed by atoms with Gasteiger partial charge >= 0.3 is 5.97 Å². The number of aryl methyl sites for hydroxylation is 1. The summed E-state index contributed by atoms with van der Waals surface area (Å²) in [4.78, 5) is 12.1. The van der Waals surface area contributed by atoms with Crippen molar-refractivity contribution in [3.63, 3.8) is 0 Å². The lowest BCUT2D eigenvalue weighted by Gasteiger charge is -2.07. The zero-order valence-corrected chi connectivity index (χ0v) is 13.5. The number of esters is 1. The van der Waals surface area contributed by atoms with Crippen molar-refractivity contribution >= 4 is 5.97 Å². The van der Waals surface area contributed by atoms with Crippen LogP contribution >= 0.6 is 0 Å². The molecule has 0 N–H and O–H groups in total. The average Bonchev–Trinajstić information content (AvgIpc) is 2.59. The molecule has 0 radical (unpaired) electrons. The van der Waals surface area contributed by atoms with Crippen LogP contribution in [0.5, 0.6) is 11.5 Å². The van der Waals surface area contributed by atoms with Gasteiger partial charge in [0, 0.05) is 0 Å². The molecule has 120 valence electrons. The molecule has 3 heteroatoms. The third kappa shape index (κ3) is 5.29. The minimum absolute atomic E-state index is 0.359. The Kier molecular flexibility index (Phi) is 6.42. The average molecular weight is 310 g/mol. The molecule has 0 unspecified atom stereocenters. The lowest BCUT2D eigenvalue weighted by Crippen LogP contribution is -2.08. The van der Waals surface area contributed by atoms with Gasteiger partial charge in [-0.1, -0.05) is 25.1 Å². The lowest BCUT2D eigenvalue weighted by atomic mass is 10.1. The molecule has 0 bridgehead atoms. The Labute approximate surface area is 137 Å². The highest BCUT2D eigenvalue weighted by Crippen LogP contribution is 2.19. The number of ether oxygens (including phenoxy) is 2. The van der Waals surface area contributed by atoms with E-state index in [4.69, 9.17) is 9.47 Å². The molecular weight excluding hydrogens is 288 g/mol. The zero-order chi connectivity index (χ0) is 16.5. The predicted molar refractivity (Wildman–Crippen MR) is 92.1 cm³/mol. The summed E-state index contributed by atoms with van der Waals surface area (Å²) < 4.78 is 10.9. The summed E-state index contributed by atoms with van der Waals surface area (Å²) in [6.07, 6.45) is 4.70. The molecule has 0 saturated carbocycles. The predicted octanol–water partition coefficient (Wildman–Crippen LogP) is 4.81. The van der Waals surface area contributed by atoms with Crippen LogP contribution in [-0.2, 0) is 6.42 Å². The van der Waals surface area contributed by atoms with Crippen molar-refractivity contribution in [2.75, 3.05) is 6.61 Å². The van der Waals surface area contributed by atoms with E-state index in [0.717, 1.165) is 25.0 Å². The highest BCUT2D eigenvalue weighted by Gasteiger charge is 2.08. The second-order valence-electron chi connectivity index (χ2n) is 5.23. The van der Waals surface area contributed by atoms with Crippen molar-refractivity contribution in [3.8, 4) is 11.5 Å². The Morgan fingerprint density at radius 3 is 2.30 bits per heavy atom. The molecule has 0 spiro atoms. The summed E-state index contributed by atoms with van der Waals surface area (Å²) in [5.74, 6) is 0.926. The van der Waals surface area contributed by atoms with E-state index >= 15 is 0 Å². The third-order valence-corrected chi connectivity index (χ3v) is 3.33. The molecule has 0 fully saturated rings. The topological polar surface area (TPSA) is 35.5 Å². The molecule has 0 aliphatic carbocycles. The van der Waals surface area contributed by atoms with Gasteiger partial charge in [0.2, 0.25) is 0 Å². The van der Waals surface area contributed by atoms with Gasteiger partial charge < -0.3 is 9.47 Å². The number of allylic oxidation sites excluding steroid dienone is 1. The van der Waals surface area contributed by atoms with E-state index < -0.39 is 0 Å². The minimum Gasteiger partial charge on any atom is -0.494 e. The maximum atomic E-state index is 12.1. The van der Waals surface area contributed by atoms with Crippen molar-refractivity contribution in [1.82, 2.24) is 0 Å². The van der Waals surface area contributed by atoms with E-state index in [0.29, 0.717) is 17.9 Å². The summed E-state index contributed by atoms with van der Waals surface area (Å²) in [6.45, 7) is 6.44. The first-order valence-electron chi connectivity index (χ1n) is 7.88. The fourth-order valence-electron chi connectivity index (χ4n) is 2.07. The summed E-state index contributed by atoms with van der Waals surface area (Å²) in [6, 6.07) is 14.6. The molecule has 0 atom stereocenters. The second-order valence-corrected chi connectivity index (χ2v) is 5.23. The van der Waals surface area contributed by atoms with Gasteiger partial charge in [0.05, 0.1) is 12.2 Å². The Hall–Kier alpha value is -2.55. The maximum absolute atomic E-state index is 12.1. The van der Waals surface area contributed by atoms with Crippen LogP contribution in [0, 0.1) is 0 Å². The first-order valence-corrected chi connectivity index (χ1v) is 7.88. The van der Waals surface area contributed by atoms with Gasteiger partial charge in [-0.15, -0.1) is 6.58 Å². The fraction of sp³-hybridized carbons (Fsp3) is 0.250. The molecule has 0 aliphatic heterocycles. The normalized spacial score (nSPS) is 10.1. The Morgan fingerprint density at radius 2 is 1.70 bits per heavy atom. The van der Waals surface area contributed by atoms with Gasteiger partial charge in [0.1, 0.15) is 11.5 Å². The number of carbonyl (C=O) groups excluding carboxylic acids is 1. The molecule has 23 heavy (non-hydrogen) atoms. The summed E-state index contributed by atoms with van der Waals surface area (Å²) in [5.41, 5.74) is 1.72. The summed E-state index contributed by atoms with van der Waals surface area (Å²) in [7, 11) is 0. The van der Waals surface area contributed by atoms with Gasteiger partial charge in [-0.05, 0) is 61.2 Å². The van der Waals surface area contributed by atoms with Crippen LogP contribution in [0.3, 0.4) is 0 Å². The monoisotopic (exact) mass is 310 g/mol. The minimum atomic E-state index is -0.359. The van der Waals surface area contributed by atoms with Gasteiger partial charge in [-0.3, -0.25) is 0 Å². The quantitative estimate of drug-likeness (QED) is 0.398. The highest BCUT2D eigenvalue weighted by molar-refractivity contribution is 5.91. The molecule has 2 aromatic carbocycles. The molecular formula is C20H22O3. The molecule has 2 rings (SSSR count). The lowest BCUT2D eigenvalue weighted by molar-refractivity contribution is 0.0734. The molecule has 0 aliphatic rings. The Balaban J connectivity index is 1.94. The standard InChI is InChI=1S/C20H22O3/c1-3-5-6-16-7-9-17(10-8-16)20(21)23-19-13-11-18(12-14-19)22-15-4-2/h3,7-14H,1,4-6,15H2,2H3. The second kappa shape index (κ2) is 8.79. The van der Waals surface area contributed by atoms with Crippen molar-refractivity contribution in [1.29, 1.82) is 0 Å². The van der Waals surface area contributed by atoms with Gasteiger partial charge in [-0.2, -0.15) is 0 Å². The summed E-state index contributed by atoms with van der Waals surface area (Å²) >= 11 is 0. The number of rotatable bonds is 8. The Morgan fingerprint density at radius 1 is 1.04 bits per heavy atom. The van der Waals surface area contributed by atoms with E-state index in [1.54, 1.807) is 36.4 Å². The third-order valence-electron chi connectivity index (χ3n) is 3.33. The van der Waals surface area contributed by atoms with Crippen molar-refractivity contribution < 1.29 is 14.3 Å². The van der Waals surface area contributed by atoms with Crippen LogP contribution in [-0.4, -0.2) is 12.6 Å². The highest BCUT2D eigenvalue weighted by atomic mass is 16.5. The van der Waals surface area contributed by atoms with E-state index in [1.165, 1.54) is 5.56 Å². The van der Waals surface area contributed by atoms with Crippen LogP contribution in [0.25, 0.3) is 0 Å². The van der Waals surface area contributed by atoms with Gasteiger partial charge in [0.25, 0.3) is 0 Å². The van der Waals surface area contributed by atoms with Crippen LogP contribution in [0.1, 0.15) is 35.7 Å². The largest absolute Gasteiger partial charge is 0.494 e. The van der Waals surface area contributed by atoms with E-state index in [-0.39, 0.29) is 5.97 Å². The first kappa shape index (κ1) is 16.8. The molecule has 0 amide bonds. The van der Waals surface area contributed by atoms with Gasteiger partial charge in [0.15, 0.2) is 0 Å². The summed E-state index contributed by atoms with van der Waals surface area (Å²) in [5, 5.41) is 0. The SMILES string of the molecule is C=CCCc1ccc(C(=O)Oc2ccc(OCCC)cc2)cc1. The Bertz CT molecular complexity index is 627. The van der Waals surface area contributed by atoms with Crippen molar-refractivity contribution in [3.05, 3.63) is 72.3 Å². The number of hydrogen-bond acceptors (Lipinski definition) is 3. The number of carbonyl (C=O) groups is 1. The smallest absolute Gasteiger partial charge is 0.343 e. The van der Waals surface area contributed by atoms with E-state index in [1.807, 2.05) is 18.2 Å². The van der Waals surface area contributed by atoms with Crippen LogP contribution in [0.4, 0.5) is 0 Å². The zero-order valence-electron chi connectivity index (χ0n) is 13.5. The molecule has 0 heterocycles. The molecule has 2 aromatic rings. The van der Waals surface area contributed by atoms with Crippen LogP contribution in [0.15, 0.2) is 61.2 Å². The number of benzene rings is 2. The molecule has 0 saturated heterocycles. The van der Waals surface area contributed by atoms with Gasteiger partial charge in [-0.25, -0.2) is 4.79 Å². The van der Waals surface area contributed by atoms with Crippen molar-refractivity contribution in [2.24, 2.45) is 0 Å². The van der Waals surface area contributed by atoms with Crippen LogP contribution < -0.4 is 9.47 Å². The number of hydrogen-bond donors (Lipinski definition) is 0. The van der Waals surface area contributed by atoms with E-state index in [2.05, 4.69) is 13.5 Å². The molecule has 0 aromatic heterocycles. The first-order chi connectivity index (χ1) is 11.2. The fourth-order valence-corrected chi connectivity index (χ4v) is 2.07. The van der Waals surface area contributed by atoms with Crippen LogP contribution in [0.2, 0.25) is 0 Å². The van der Waals surface area contributed by atoms with Crippen molar-refractivity contribution in [2.45, 2.75) is 26.2 Å².